The molecule has 10 nitrogen and oxygen atoms in total. The highest BCUT2D eigenvalue weighted by atomic mass is 31.1. The molecule has 61 heavy (non-hydrogen) atoms. The van der Waals surface area contributed by atoms with Crippen LogP contribution in [0.3, 0.4) is 0 Å². The van der Waals surface area contributed by atoms with Crippen LogP contribution in [0.4, 0.5) is 0 Å². The van der Waals surface area contributed by atoms with Gasteiger partial charge in [-0.15, -0.1) is 0 Å². The Bertz CT molecular complexity index is 2590. The molecule has 2 heterocycles. The lowest BCUT2D eigenvalue weighted by atomic mass is 9.81. The molecule has 0 saturated heterocycles. The van der Waals surface area contributed by atoms with Gasteiger partial charge < -0.3 is 35.7 Å². The van der Waals surface area contributed by atoms with Crippen molar-refractivity contribution in [2.45, 2.75) is 131 Å². The Labute approximate surface area is 363 Å². The van der Waals surface area contributed by atoms with E-state index in [1.54, 1.807) is 28.4 Å². The number of hydrogen-bond acceptors (Lipinski definition) is 10. The summed E-state index contributed by atoms with van der Waals surface area (Å²) in [5, 5.41) is 3.50. The predicted octanol–water partition coefficient (Wildman–Crippen LogP) is 14.9. The molecule has 0 radical (unpaired) electrons. The molecule has 0 fully saturated rings. The summed E-state index contributed by atoms with van der Waals surface area (Å²) < 4.78 is 64.2. The summed E-state index contributed by atoms with van der Waals surface area (Å²) in [5.74, 6) is 3.38. The number of hydrogen-bond donors (Lipinski definition) is 0. The second kappa shape index (κ2) is 19.0. The van der Waals surface area contributed by atoms with Gasteiger partial charge in [0.25, 0.3) is 0 Å². The molecule has 0 N–H and O–H groups in total. The molecule has 4 aromatic carbocycles. The Morgan fingerprint density at radius 1 is 0.525 bits per heavy atom. The van der Waals surface area contributed by atoms with E-state index in [2.05, 4.69) is 73.6 Å². The minimum Gasteiger partial charge on any atom is -0.497 e. The first kappa shape index (κ1) is 46.3. The number of aryl methyl sites for hydroxylation is 1. The van der Waals surface area contributed by atoms with E-state index < -0.39 is 16.5 Å². The Hall–Kier alpha value is -4.20. The van der Waals surface area contributed by atoms with Gasteiger partial charge in [0.2, 0.25) is 0 Å². The summed E-state index contributed by atoms with van der Waals surface area (Å²) in [7, 11) is 2.92. The highest BCUT2D eigenvalue weighted by molar-refractivity contribution is 7.32. The van der Waals surface area contributed by atoms with Gasteiger partial charge in [-0.3, -0.25) is 9.05 Å². The Kier molecular flexibility index (Phi) is 14.5. The predicted molar refractivity (Wildman–Crippen MR) is 250 cm³/mol. The van der Waals surface area contributed by atoms with E-state index in [4.69, 9.17) is 44.8 Å². The van der Waals surface area contributed by atoms with Gasteiger partial charge >= 0.3 is 16.5 Å². The van der Waals surface area contributed by atoms with Crippen LogP contribution in [0.15, 0.2) is 65.3 Å². The van der Waals surface area contributed by atoms with Crippen molar-refractivity contribution >= 4 is 60.4 Å². The summed E-state index contributed by atoms with van der Waals surface area (Å²) in [4.78, 5) is 0. The van der Waals surface area contributed by atoms with Crippen molar-refractivity contribution in [2.24, 2.45) is 5.92 Å². The van der Waals surface area contributed by atoms with Gasteiger partial charge in [-0.25, -0.2) is 0 Å². The van der Waals surface area contributed by atoms with E-state index in [1.165, 1.54) is 0 Å². The quantitative estimate of drug-likeness (QED) is 0.0879. The number of methoxy groups -OCH3 is 4. The molecule has 6 rings (SSSR count). The maximum atomic E-state index is 6.94. The summed E-state index contributed by atoms with van der Waals surface area (Å²) in [5.41, 5.74) is 6.39. The van der Waals surface area contributed by atoms with Crippen LogP contribution < -0.4 is 28.0 Å². The van der Waals surface area contributed by atoms with Gasteiger partial charge in [0.1, 0.15) is 45.3 Å². The number of ether oxygens (including phenoxy) is 4. The van der Waals surface area contributed by atoms with E-state index in [0.29, 0.717) is 17.9 Å². The lowest BCUT2D eigenvalue weighted by molar-refractivity contribution is 0.184. The molecule has 0 amide bonds. The standard InChI is InChI=1S/C49H66O10P2/c1-16-29(4)19-33-22-35(51-13)24-39-41-26-37(53-15)28-43(49(10,11)18-3)47(41)59-61(57-45(33)39)55-32(7)21-31(6)54-60-56-44-30(5)20-34(50-12)23-38(44)40-25-36(52-14)27-42(46(40)58-60)48(8,9)17-2/h20,22-29,31-32H,16-19,21H2,1-15H3/t29?,31-,32-,60?,61?/m1/s1. The molecular formula is C49H66O10P2. The molecule has 0 aliphatic heterocycles. The monoisotopic (exact) mass is 876 g/mol. The number of fused-ring (bicyclic) bond motifs is 6. The first-order chi connectivity index (χ1) is 29.0. The molecule has 5 atom stereocenters. The molecular weight excluding hydrogens is 810 g/mol. The highest BCUT2D eigenvalue weighted by Crippen LogP contribution is 2.46. The average molecular weight is 877 g/mol. The van der Waals surface area contributed by atoms with Gasteiger partial charge in [-0.2, -0.15) is 0 Å². The molecule has 0 bridgehead atoms. The summed E-state index contributed by atoms with van der Waals surface area (Å²) in [6.45, 7) is 23.7. The lowest BCUT2D eigenvalue weighted by Crippen LogP contribution is -2.21. The van der Waals surface area contributed by atoms with Gasteiger partial charge in [0.05, 0.1) is 40.6 Å². The van der Waals surface area contributed by atoms with Crippen LogP contribution >= 0.6 is 16.5 Å². The number of rotatable bonds is 17. The van der Waals surface area contributed by atoms with Crippen molar-refractivity contribution in [3.8, 4) is 23.0 Å². The normalized spacial score (nSPS) is 14.3. The zero-order valence-corrected chi connectivity index (χ0v) is 40.7. The Morgan fingerprint density at radius 3 is 1.33 bits per heavy atom. The Morgan fingerprint density at radius 2 is 0.902 bits per heavy atom. The van der Waals surface area contributed by atoms with E-state index in [0.717, 1.165) is 109 Å². The zero-order valence-electron chi connectivity index (χ0n) is 38.9. The zero-order chi connectivity index (χ0) is 44.4. The van der Waals surface area contributed by atoms with Crippen molar-refractivity contribution in [3.63, 3.8) is 0 Å². The van der Waals surface area contributed by atoms with Crippen LogP contribution in [0.25, 0.3) is 43.9 Å². The van der Waals surface area contributed by atoms with E-state index in [-0.39, 0.29) is 23.0 Å². The van der Waals surface area contributed by atoms with E-state index >= 15 is 0 Å². The summed E-state index contributed by atoms with van der Waals surface area (Å²) in [6.07, 6.45) is 3.42. The molecule has 0 spiro atoms. The van der Waals surface area contributed by atoms with Crippen molar-refractivity contribution < 1.29 is 44.8 Å². The minimum absolute atomic E-state index is 0.235. The molecule has 3 unspecified atom stereocenters. The van der Waals surface area contributed by atoms with Gasteiger partial charge in [0.15, 0.2) is 0 Å². The third-order valence-corrected chi connectivity index (χ3v) is 14.8. The smallest absolute Gasteiger partial charge is 0.387 e. The van der Waals surface area contributed by atoms with Crippen LogP contribution in [0.2, 0.25) is 0 Å². The van der Waals surface area contributed by atoms with Crippen molar-refractivity contribution in [2.75, 3.05) is 28.4 Å². The van der Waals surface area contributed by atoms with Crippen molar-refractivity contribution in [1.29, 1.82) is 0 Å². The molecule has 332 valence electrons. The lowest BCUT2D eigenvalue weighted by Gasteiger charge is -2.24. The second-order valence-corrected chi connectivity index (χ2v) is 19.7. The highest BCUT2D eigenvalue weighted by Gasteiger charge is 2.28. The SMILES string of the molecule is CCC(C)Cc1cc(OC)cc2c1op(O[C@H](C)C[C@@H](C)Op1oc3c(C)cc(OC)cc3c3cc(OC)cc(C(C)(C)CC)c3o1)oc1c(C(C)(C)CC)cc(OC)cc12. The molecule has 2 aromatic heterocycles. The van der Waals surface area contributed by atoms with Crippen molar-refractivity contribution in [1.82, 2.24) is 0 Å². The third kappa shape index (κ3) is 9.89. The maximum Gasteiger partial charge on any atom is 0.387 e. The van der Waals surface area contributed by atoms with Crippen LogP contribution in [0, 0.1) is 12.8 Å². The van der Waals surface area contributed by atoms with Crippen LogP contribution in [-0.2, 0) is 17.3 Å². The average Bonchev–Trinajstić information content (AvgIpc) is 3.49. The first-order valence-electron chi connectivity index (χ1n) is 21.5. The summed E-state index contributed by atoms with van der Waals surface area (Å²) >= 11 is 0. The van der Waals surface area contributed by atoms with E-state index in [9.17, 15) is 0 Å². The Balaban J connectivity index is 1.47. The second-order valence-electron chi connectivity index (χ2n) is 17.7. The largest absolute Gasteiger partial charge is 0.497 e. The third-order valence-electron chi connectivity index (χ3n) is 12.4. The van der Waals surface area contributed by atoms with Crippen LogP contribution in [0.5, 0.6) is 23.0 Å². The van der Waals surface area contributed by atoms with Crippen LogP contribution in [-0.4, -0.2) is 40.6 Å². The first-order valence-corrected chi connectivity index (χ1v) is 23.7. The topological polar surface area (TPSA) is 108 Å². The van der Waals surface area contributed by atoms with Crippen molar-refractivity contribution in [3.05, 3.63) is 70.8 Å². The molecule has 0 saturated carbocycles. The molecule has 6 aromatic rings. The molecule has 0 aliphatic rings. The van der Waals surface area contributed by atoms with Gasteiger partial charge in [-0.1, -0.05) is 61.8 Å². The van der Waals surface area contributed by atoms with Crippen LogP contribution in [0.1, 0.15) is 117 Å². The van der Waals surface area contributed by atoms with Gasteiger partial charge in [-0.05, 0) is 116 Å². The van der Waals surface area contributed by atoms with Gasteiger partial charge in [0, 0.05) is 39.1 Å². The van der Waals surface area contributed by atoms with E-state index in [1.807, 2.05) is 51.1 Å². The summed E-state index contributed by atoms with van der Waals surface area (Å²) in [6, 6.07) is 16.2. The molecule has 12 heteroatoms. The maximum absolute atomic E-state index is 6.94. The number of benzene rings is 4. The fourth-order valence-corrected chi connectivity index (χ4v) is 10.1. The molecule has 0 aliphatic carbocycles. The fraction of sp³-hybridized carbons (Fsp3) is 0.510. The minimum atomic E-state index is -1.93. The fourth-order valence-electron chi connectivity index (χ4n) is 7.63.